The standard InChI is InChI=1S/C18H25N3O2/c1-2-23-18(22)21-8-5-13-11-17(21)16-12-14(3-4-15(13)16)20-9-6-19-7-10-20/h3-4,12-13,17,19H,2,5-11H2,1H3/t13-,17?/m0/s1. The summed E-state index contributed by atoms with van der Waals surface area (Å²) in [7, 11) is 0. The molecule has 0 aromatic heterocycles. The van der Waals surface area contributed by atoms with E-state index in [0.29, 0.717) is 12.5 Å². The van der Waals surface area contributed by atoms with Crippen LogP contribution in [0, 0.1) is 0 Å². The highest BCUT2D eigenvalue weighted by atomic mass is 16.6. The van der Waals surface area contributed by atoms with E-state index in [9.17, 15) is 4.79 Å². The second-order valence-corrected chi connectivity index (χ2v) is 6.68. The summed E-state index contributed by atoms with van der Waals surface area (Å²) in [6.45, 7) is 7.31. The number of piperazine rings is 1. The van der Waals surface area contributed by atoms with Gasteiger partial charge in [-0.1, -0.05) is 6.07 Å². The fourth-order valence-electron chi connectivity index (χ4n) is 4.31. The van der Waals surface area contributed by atoms with Crippen LogP contribution in [0.15, 0.2) is 18.2 Å². The first-order valence-electron chi connectivity index (χ1n) is 8.81. The third-order valence-corrected chi connectivity index (χ3v) is 5.46. The first-order chi connectivity index (χ1) is 11.3. The molecule has 1 aliphatic carbocycles. The Labute approximate surface area is 137 Å². The fraction of sp³-hybridized carbons (Fsp3) is 0.611. The van der Waals surface area contributed by atoms with Crippen molar-refractivity contribution >= 4 is 11.8 Å². The van der Waals surface area contributed by atoms with Crippen molar-refractivity contribution in [3.05, 3.63) is 29.3 Å². The third-order valence-electron chi connectivity index (χ3n) is 5.46. The van der Waals surface area contributed by atoms with Crippen molar-refractivity contribution in [1.29, 1.82) is 0 Å². The number of nitrogens with zero attached hydrogens (tertiary/aromatic N) is 2. The molecule has 3 aliphatic rings. The van der Waals surface area contributed by atoms with Crippen molar-refractivity contribution in [3.63, 3.8) is 0 Å². The largest absolute Gasteiger partial charge is 0.450 e. The number of benzene rings is 1. The summed E-state index contributed by atoms with van der Waals surface area (Å²) in [5.74, 6) is 0.609. The van der Waals surface area contributed by atoms with E-state index in [2.05, 4.69) is 28.4 Å². The lowest BCUT2D eigenvalue weighted by molar-refractivity contribution is 0.0783. The maximum absolute atomic E-state index is 12.3. The zero-order valence-electron chi connectivity index (χ0n) is 13.8. The molecule has 2 heterocycles. The van der Waals surface area contributed by atoms with E-state index in [1.807, 2.05) is 11.8 Å². The number of carbonyl (C=O) groups excluding carboxylic acids is 1. The van der Waals surface area contributed by atoms with Gasteiger partial charge in [-0.3, -0.25) is 0 Å². The maximum Gasteiger partial charge on any atom is 0.410 e. The number of likely N-dealkylation sites (tertiary alicyclic amines) is 1. The Hall–Kier alpha value is -1.75. The monoisotopic (exact) mass is 315 g/mol. The third kappa shape index (κ3) is 2.57. The first-order valence-corrected chi connectivity index (χ1v) is 8.81. The van der Waals surface area contributed by atoms with Gasteiger partial charge in [-0.05, 0) is 48.9 Å². The average Bonchev–Trinajstić information content (AvgIpc) is 2.88. The van der Waals surface area contributed by atoms with Crippen molar-refractivity contribution in [3.8, 4) is 0 Å². The topological polar surface area (TPSA) is 44.8 Å². The van der Waals surface area contributed by atoms with Crippen LogP contribution in [-0.2, 0) is 4.74 Å². The molecule has 0 saturated carbocycles. The fourth-order valence-corrected chi connectivity index (χ4v) is 4.31. The number of ether oxygens (including phenoxy) is 1. The van der Waals surface area contributed by atoms with Crippen LogP contribution in [0.1, 0.15) is 42.9 Å². The van der Waals surface area contributed by atoms with E-state index in [0.717, 1.165) is 45.6 Å². The molecule has 5 heteroatoms. The minimum absolute atomic E-state index is 0.156. The predicted molar refractivity (Wildman–Crippen MR) is 90.0 cm³/mol. The normalized spacial score (nSPS) is 26.1. The van der Waals surface area contributed by atoms with Gasteiger partial charge in [0.15, 0.2) is 0 Å². The number of carbonyl (C=O) groups is 1. The molecule has 5 nitrogen and oxygen atoms in total. The summed E-state index contributed by atoms with van der Waals surface area (Å²) in [4.78, 5) is 16.6. The average molecular weight is 315 g/mol. The van der Waals surface area contributed by atoms with Gasteiger partial charge in [-0.15, -0.1) is 0 Å². The minimum Gasteiger partial charge on any atom is -0.450 e. The molecular weight excluding hydrogens is 290 g/mol. The van der Waals surface area contributed by atoms with E-state index in [4.69, 9.17) is 4.74 Å². The van der Waals surface area contributed by atoms with E-state index in [1.54, 1.807) is 0 Å². The lowest BCUT2D eigenvalue weighted by atomic mass is 9.96. The summed E-state index contributed by atoms with van der Waals surface area (Å²) in [5.41, 5.74) is 4.08. The number of hydrogen-bond acceptors (Lipinski definition) is 4. The van der Waals surface area contributed by atoms with E-state index in [1.165, 1.54) is 16.8 Å². The number of anilines is 1. The van der Waals surface area contributed by atoms with Crippen LogP contribution in [-0.4, -0.2) is 50.3 Å². The Morgan fingerprint density at radius 1 is 1.26 bits per heavy atom. The summed E-state index contributed by atoms with van der Waals surface area (Å²) in [6, 6.07) is 7.08. The van der Waals surface area contributed by atoms with Crippen molar-refractivity contribution in [1.82, 2.24) is 10.2 Å². The molecule has 2 atom stereocenters. The van der Waals surface area contributed by atoms with Crippen LogP contribution in [0.3, 0.4) is 0 Å². The van der Waals surface area contributed by atoms with Gasteiger partial charge in [-0.25, -0.2) is 4.79 Å². The van der Waals surface area contributed by atoms with Gasteiger partial charge in [0.25, 0.3) is 0 Å². The number of hydrogen-bond donors (Lipinski definition) is 1. The quantitative estimate of drug-likeness (QED) is 0.911. The Balaban J connectivity index is 1.63. The van der Waals surface area contributed by atoms with Crippen LogP contribution in [0.4, 0.5) is 10.5 Å². The molecule has 4 rings (SSSR count). The molecule has 1 aromatic rings. The van der Waals surface area contributed by atoms with E-state index < -0.39 is 0 Å². The molecule has 0 spiro atoms. The molecule has 124 valence electrons. The van der Waals surface area contributed by atoms with Gasteiger partial charge in [0, 0.05) is 38.4 Å². The van der Waals surface area contributed by atoms with E-state index in [-0.39, 0.29) is 12.1 Å². The Bertz CT molecular complexity index is 598. The summed E-state index contributed by atoms with van der Waals surface area (Å²) >= 11 is 0. The number of amides is 1. The lowest BCUT2D eigenvalue weighted by Crippen LogP contribution is -2.43. The summed E-state index contributed by atoms with van der Waals surface area (Å²) in [6.07, 6.45) is 1.95. The van der Waals surface area contributed by atoms with Gasteiger partial charge in [0.1, 0.15) is 0 Å². The molecule has 2 saturated heterocycles. The Kier molecular flexibility index (Phi) is 3.89. The van der Waals surface area contributed by atoms with Crippen LogP contribution in [0.25, 0.3) is 0 Å². The van der Waals surface area contributed by atoms with Crippen molar-refractivity contribution < 1.29 is 9.53 Å². The highest BCUT2D eigenvalue weighted by Gasteiger charge is 2.41. The maximum atomic E-state index is 12.3. The highest BCUT2D eigenvalue weighted by molar-refractivity contribution is 5.70. The highest BCUT2D eigenvalue weighted by Crippen LogP contribution is 2.49. The van der Waals surface area contributed by atoms with Gasteiger partial charge < -0.3 is 19.9 Å². The molecule has 0 radical (unpaired) electrons. The van der Waals surface area contributed by atoms with Gasteiger partial charge >= 0.3 is 6.09 Å². The number of fused-ring (bicyclic) bond motifs is 5. The zero-order valence-corrected chi connectivity index (χ0v) is 13.8. The first kappa shape index (κ1) is 14.8. The molecule has 1 aromatic carbocycles. The Morgan fingerprint density at radius 2 is 2.09 bits per heavy atom. The molecular formula is C18H25N3O2. The van der Waals surface area contributed by atoms with Crippen molar-refractivity contribution in [2.24, 2.45) is 0 Å². The smallest absolute Gasteiger partial charge is 0.410 e. The molecule has 2 fully saturated rings. The zero-order chi connectivity index (χ0) is 15.8. The van der Waals surface area contributed by atoms with Gasteiger partial charge in [0.05, 0.1) is 12.6 Å². The van der Waals surface area contributed by atoms with Crippen molar-refractivity contribution in [2.75, 3.05) is 44.2 Å². The number of rotatable bonds is 2. The molecule has 1 unspecified atom stereocenters. The van der Waals surface area contributed by atoms with Crippen LogP contribution < -0.4 is 10.2 Å². The molecule has 2 bridgehead atoms. The van der Waals surface area contributed by atoms with Gasteiger partial charge in [0.2, 0.25) is 0 Å². The summed E-state index contributed by atoms with van der Waals surface area (Å²) in [5, 5.41) is 3.40. The van der Waals surface area contributed by atoms with Crippen LogP contribution >= 0.6 is 0 Å². The van der Waals surface area contributed by atoms with Crippen LogP contribution in [0.5, 0.6) is 0 Å². The second kappa shape index (κ2) is 6.04. The minimum atomic E-state index is -0.156. The lowest BCUT2D eigenvalue weighted by Gasteiger charge is -2.33. The second-order valence-electron chi connectivity index (χ2n) is 6.68. The summed E-state index contributed by atoms with van der Waals surface area (Å²) < 4.78 is 5.26. The Morgan fingerprint density at radius 3 is 2.87 bits per heavy atom. The SMILES string of the molecule is CCOC(=O)N1CC[C@H]2CC1c1cc(N3CCNCC3)ccc12. The molecule has 1 amide bonds. The van der Waals surface area contributed by atoms with Crippen LogP contribution in [0.2, 0.25) is 0 Å². The van der Waals surface area contributed by atoms with E-state index >= 15 is 0 Å². The number of nitrogens with one attached hydrogen (secondary N) is 1. The predicted octanol–water partition coefficient (Wildman–Crippen LogP) is 2.49. The molecule has 2 aliphatic heterocycles. The van der Waals surface area contributed by atoms with Crippen molar-refractivity contribution in [2.45, 2.75) is 31.7 Å². The molecule has 23 heavy (non-hydrogen) atoms. The van der Waals surface area contributed by atoms with Gasteiger partial charge in [-0.2, -0.15) is 0 Å². The molecule has 1 N–H and O–H groups in total. The number of piperidine rings is 1.